The fourth-order valence-corrected chi connectivity index (χ4v) is 1.55. The van der Waals surface area contributed by atoms with Crippen molar-refractivity contribution in [1.82, 2.24) is 9.78 Å². The average molecular weight is 175 g/mol. The van der Waals surface area contributed by atoms with E-state index in [1.165, 1.54) is 0 Å². The maximum atomic E-state index is 11.0. The zero-order valence-electron chi connectivity index (χ0n) is 6.81. The average Bonchev–Trinajstić information content (AvgIpc) is 2.07. The van der Waals surface area contributed by atoms with E-state index in [4.69, 9.17) is 11.6 Å². The van der Waals surface area contributed by atoms with Gasteiger partial charge < -0.3 is 0 Å². The minimum atomic E-state index is -0.210. The molecule has 1 aromatic heterocycles. The van der Waals surface area contributed by atoms with Gasteiger partial charge in [-0.3, -0.25) is 14.6 Å². The molecule has 3 nitrogen and oxygen atoms in total. The number of H-pyrrole nitrogens is 1. The van der Waals surface area contributed by atoms with E-state index >= 15 is 0 Å². The van der Waals surface area contributed by atoms with Crippen molar-refractivity contribution in [3.8, 4) is 0 Å². The molecule has 4 heteroatoms. The van der Waals surface area contributed by atoms with Crippen molar-refractivity contribution in [3.05, 3.63) is 21.1 Å². The van der Waals surface area contributed by atoms with Crippen molar-refractivity contribution in [1.29, 1.82) is 0 Å². The second kappa shape index (κ2) is 2.74. The summed E-state index contributed by atoms with van der Waals surface area (Å²) in [5.74, 6) is 0.270. The van der Waals surface area contributed by atoms with Gasteiger partial charge in [0.15, 0.2) is 0 Å². The van der Waals surface area contributed by atoms with Gasteiger partial charge in [-0.05, 0) is 5.92 Å². The Morgan fingerprint density at radius 2 is 2.09 bits per heavy atom. The van der Waals surface area contributed by atoms with E-state index in [0.717, 1.165) is 5.69 Å². The van der Waals surface area contributed by atoms with Crippen molar-refractivity contribution in [2.24, 2.45) is 7.05 Å². The van der Waals surface area contributed by atoms with Gasteiger partial charge >= 0.3 is 0 Å². The molecule has 1 aromatic rings. The lowest BCUT2D eigenvalue weighted by Crippen LogP contribution is -2.02. The smallest absolute Gasteiger partial charge is 0.283 e. The predicted octanol–water partition coefficient (Wildman–Crippen LogP) is 1.49. The van der Waals surface area contributed by atoms with Gasteiger partial charge in [-0.25, -0.2) is 0 Å². The third-order valence-electron chi connectivity index (χ3n) is 1.60. The molecule has 0 radical (unpaired) electrons. The molecule has 0 aliphatic heterocycles. The molecule has 0 atom stereocenters. The minimum Gasteiger partial charge on any atom is -0.290 e. The molecule has 0 saturated carbocycles. The van der Waals surface area contributed by atoms with Crippen LogP contribution in [0.2, 0.25) is 5.02 Å². The normalized spacial score (nSPS) is 11.0. The van der Waals surface area contributed by atoms with Gasteiger partial charge in [-0.15, -0.1) is 0 Å². The molecule has 0 aliphatic carbocycles. The van der Waals surface area contributed by atoms with Crippen LogP contribution in [0.25, 0.3) is 0 Å². The second-order valence-corrected chi connectivity index (χ2v) is 3.23. The van der Waals surface area contributed by atoms with Gasteiger partial charge in [-0.1, -0.05) is 25.4 Å². The van der Waals surface area contributed by atoms with Crippen LogP contribution in [0.1, 0.15) is 25.5 Å². The Balaban J connectivity index is 3.34. The molecule has 11 heavy (non-hydrogen) atoms. The molecule has 0 amide bonds. The topological polar surface area (TPSA) is 37.8 Å². The summed E-state index contributed by atoms with van der Waals surface area (Å²) in [6.07, 6.45) is 0. The molecule has 0 aromatic carbocycles. The van der Waals surface area contributed by atoms with Crippen LogP contribution in [-0.2, 0) is 7.05 Å². The van der Waals surface area contributed by atoms with E-state index in [0.29, 0.717) is 5.02 Å². The van der Waals surface area contributed by atoms with Crippen LogP contribution >= 0.6 is 11.6 Å². The largest absolute Gasteiger partial charge is 0.290 e. The van der Waals surface area contributed by atoms with Crippen molar-refractivity contribution in [2.45, 2.75) is 19.8 Å². The molecule has 1 N–H and O–H groups in total. The highest BCUT2D eigenvalue weighted by atomic mass is 35.5. The summed E-state index contributed by atoms with van der Waals surface area (Å²) in [6.45, 7) is 3.99. The van der Waals surface area contributed by atoms with Crippen LogP contribution in [0.5, 0.6) is 0 Å². The molecule has 0 fully saturated rings. The van der Waals surface area contributed by atoms with Gasteiger partial charge in [0.05, 0.1) is 5.69 Å². The molecular formula is C7H11ClN2O. The maximum absolute atomic E-state index is 11.0. The molecule has 0 spiro atoms. The molecule has 0 saturated heterocycles. The van der Waals surface area contributed by atoms with Gasteiger partial charge in [0.25, 0.3) is 5.56 Å². The number of aromatic amines is 1. The fourth-order valence-electron chi connectivity index (χ4n) is 1.17. The van der Waals surface area contributed by atoms with Gasteiger partial charge in [0.1, 0.15) is 5.02 Å². The van der Waals surface area contributed by atoms with Crippen LogP contribution in [-0.4, -0.2) is 9.78 Å². The van der Waals surface area contributed by atoms with Crippen molar-refractivity contribution < 1.29 is 0 Å². The second-order valence-electron chi connectivity index (χ2n) is 2.85. The van der Waals surface area contributed by atoms with Gasteiger partial charge in [0.2, 0.25) is 0 Å². The van der Waals surface area contributed by atoms with Crippen LogP contribution < -0.4 is 5.56 Å². The van der Waals surface area contributed by atoms with Crippen molar-refractivity contribution in [3.63, 3.8) is 0 Å². The Morgan fingerprint density at radius 1 is 1.55 bits per heavy atom. The third kappa shape index (κ3) is 1.33. The maximum Gasteiger partial charge on any atom is 0.283 e. The fraction of sp³-hybridized carbons (Fsp3) is 0.571. The first-order valence-corrected chi connectivity index (χ1v) is 3.86. The van der Waals surface area contributed by atoms with Crippen LogP contribution in [0.3, 0.4) is 0 Å². The lowest BCUT2D eigenvalue weighted by Gasteiger charge is -2.05. The van der Waals surface area contributed by atoms with Gasteiger partial charge in [0, 0.05) is 7.05 Å². The highest BCUT2D eigenvalue weighted by Crippen LogP contribution is 2.18. The van der Waals surface area contributed by atoms with Crippen LogP contribution in [0.15, 0.2) is 4.79 Å². The highest BCUT2D eigenvalue weighted by Gasteiger charge is 2.12. The monoisotopic (exact) mass is 174 g/mol. The number of aromatic nitrogens is 2. The van der Waals surface area contributed by atoms with E-state index in [2.05, 4.69) is 5.10 Å². The number of nitrogens with zero attached hydrogens (tertiary/aromatic N) is 1. The number of hydrogen-bond acceptors (Lipinski definition) is 1. The van der Waals surface area contributed by atoms with Crippen LogP contribution in [0, 0.1) is 0 Å². The zero-order valence-corrected chi connectivity index (χ0v) is 7.57. The molecule has 1 rings (SSSR count). The standard InChI is InChI=1S/C7H11ClN2O/c1-4(2)6-5(8)7(11)9-10(6)3/h4H,1-3H3,(H,9,11). The van der Waals surface area contributed by atoms with Gasteiger partial charge in [-0.2, -0.15) is 0 Å². The molecular weight excluding hydrogens is 164 g/mol. The number of hydrogen-bond donors (Lipinski definition) is 1. The van der Waals surface area contributed by atoms with E-state index in [1.54, 1.807) is 11.7 Å². The van der Waals surface area contributed by atoms with E-state index in [-0.39, 0.29) is 11.5 Å². The molecule has 1 heterocycles. The Kier molecular flexibility index (Phi) is 2.09. The number of halogens is 1. The molecule has 62 valence electrons. The summed E-state index contributed by atoms with van der Waals surface area (Å²) < 4.78 is 1.66. The Morgan fingerprint density at radius 3 is 2.27 bits per heavy atom. The lowest BCUT2D eigenvalue weighted by atomic mass is 10.1. The SMILES string of the molecule is CC(C)c1c(Cl)c(=O)[nH]n1C. The predicted molar refractivity (Wildman–Crippen MR) is 45.1 cm³/mol. The summed E-state index contributed by atoms with van der Waals surface area (Å²) in [5, 5.41) is 2.89. The summed E-state index contributed by atoms with van der Waals surface area (Å²) in [5.41, 5.74) is 0.648. The first-order chi connectivity index (χ1) is 5.04. The molecule has 0 bridgehead atoms. The summed E-state index contributed by atoms with van der Waals surface area (Å²) in [4.78, 5) is 11.0. The number of nitrogens with one attached hydrogen (secondary N) is 1. The Bertz CT molecular complexity index is 311. The lowest BCUT2D eigenvalue weighted by molar-refractivity contribution is 0.665. The minimum absolute atomic E-state index is 0.210. The van der Waals surface area contributed by atoms with Crippen molar-refractivity contribution in [2.75, 3.05) is 0 Å². The zero-order chi connectivity index (χ0) is 8.59. The van der Waals surface area contributed by atoms with E-state index in [9.17, 15) is 4.79 Å². The first kappa shape index (κ1) is 8.40. The number of aryl methyl sites for hydroxylation is 1. The quantitative estimate of drug-likeness (QED) is 0.689. The summed E-state index contributed by atoms with van der Waals surface area (Å²) >= 11 is 5.74. The third-order valence-corrected chi connectivity index (χ3v) is 1.97. The molecule has 0 unspecified atom stereocenters. The van der Waals surface area contributed by atoms with E-state index < -0.39 is 0 Å². The van der Waals surface area contributed by atoms with Crippen LogP contribution in [0.4, 0.5) is 0 Å². The number of rotatable bonds is 1. The Hall–Kier alpha value is -0.700. The Labute approximate surface area is 70.0 Å². The van der Waals surface area contributed by atoms with E-state index in [1.807, 2.05) is 13.8 Å². The van der Waals surface area contributed by atoms with Crippen molar-refractivity contribution >= 4 is 11.6 Å². The highest BCUT2D eigenvalue weighted by molar-refractivity contribution is 6.31. The summed E-state index contributed by atoms with van der Waals surface area (Å²) in [6, 6.07) is 0. The summed E-state index contributed by atoms with van der Waals surface area (Å²) in [7, 11) is 1.78. The molecule has 0 aliphatic rings. The first-order valence-electron chi connectivity index (χ1n) is 3.48.